The second-order valence-corrected chi connectivity index (χ2v) is 4.76. The fourth-order valence-electron chi connectivity index (χ4n) is 1.55. The molecule has 2 N–H and O–H groups in total. The molecule has 1 atom stereocenters. The van der Waals surface area contributed by atoms with Crippen molar-refractivity contribution in [1.29, 1.82) is 0 Å². The van der Waals surface area contributed by atoms with Crippen molar-refractivity contribution < 1.29 is 9.53 Å². The minimum absolute atomic E-state index is 0.202. The van der Waals surface area contributed by atoms with Crippen molar-refractivity contribution in [3.05, 3.63) is 21.9 Å². The zero-order valence-electron chi connectivity index (χ0n) is 11.9. The Hall–Kier alpha value is -1.76. The summed E-state index contributed by atoms with van der Waals surface area (Å²) in [5, 5.41) is 10.6. The number of aromatic amines is 1. The number of aromatic nitrogens is 3. The third kappa shape index (κ3) is 3.60. The predicted octanol–water partition coefficient (Wildman–Crippen LogP) is 0.634. The lowest BCUT2D eigenvalue weighted by Gasteiger charge is -2.21. The van der Waals surface area contributed by atoms with Crippen LogP contribution in [0.4, 0.5) is 0 Å². The third-order valence-electron chi connectivity index (χ3n) is 2.92. The van der Waals surface area contributed by atoms with E-state index in [4.69, 9.17) is 4.74 Å². The van der Waals surface area contributed by atoms with Gasteiger partial charge in [-0.2, -0.15) is 0 Å². The molecule has 0 bridgehead atoms. The van der Waals surface area contributed by atoms with E-state index in [0.29, 0.717) is 12.2 Å². The molecule has 7 nitrogen and oxygen atoms in total. The molecule has 0 spiro atoms. The van der Waals surface area contributed by atoms with Gasteiger partial charge in [0, 0.05) is 14.0 Å². The Labute approximate surface area is 111 Å². The summed E-state index contributed by atoms with van der Waals surface area (Å²) >= 11 is 0. The summed E-state index contributed by atoms with van der Waals surface area (Å²) in [5.41, 5.74) is -0.885. The molecule has 1 heterocycles. The summed E-state index contributed by atoms with van der Waals surface area (Å²) in [5.74, 6) is 0.135. The van der Waals surface area contributed by atoms with E-state index in [-0.39, 0.29) is 17.2 Å². The summed E-state index contributed by atoms with van der Waals surface area (Å²) < 4.78 is 5.23. The molecule has 0 aliphatic carbocycles. The van der Waals surface area contributed by atoms with Gasteiger partial charge in [-0.1, -0.05) is 6.92 Å². The van der Waals surface area contributed by atoms with Gasteiger partial charge < -0.3 is 15.0 Å². The van der Waals surface area contributed by atoms with E-state index in [1.807, 2.05) is 6.92 Å². The van der Waals surface area contributed by atoms with Crippen molar-refractivity contribution in [2.75, 3.05) is 7.11 Å². The van der Waals surface area contributed by atoms with E-state index >= 15 is 0 Å². The van der Waals surface area contributed by atoms with Gasteiger partial charge in [0.2, 0.25) is 5.91 Å². The molecule has 0 fully saturated rings. The first-order valence-corrected chi connectivity index (χ1v) is 6.11. The fraction of sp³-hybridized carbons (Fsp3) is 0.667. The quantitative estimate of drug-likeness (QED) is 0.816. The summed E-state index contributed by atoms with van der Waals surface area (Å²) in [6.45, 7) is 6.80. The molecule has 1 amide bonds. The molecule has 19 heavy (non-hydrogen) atoms. The second-order valence-electron chi connectivity index (χ2n) is 4.76. The summed E-state index contributed by atoms with van der Waals surface area (Å²) in [4.78, 5) is 25.7. The van der Waals surface area contributed by atoms with Crippen LogP contribution in [0.15, 0.2) is 4.79 Å². The SMILES string of the molecule is CCC(NC(C)=O)c1nnc(C(C)(C)OC)[nH]c1=O. The Bertz CT molecular complexity index is 510. The van der Waals surface area contributed by atoms with Crippen LogP contribution in [0, 0.1) is 0 Å². The highest BCUT2D eigenvalue weighted by Crippen LogP contribution is 2.18. The lowest BCUT2D eigenvalue weighted by atomic mass is 10.1. The first kappa shape index (κ1) is 15.3. The van der Waals surface area contributed by atoms with Gasteiger partial charge >= 0.3 is 0 Å². The Morgan fingerprint density at radius 1 is 1.47 bits per heavy atom. The molecule has 0 saturated heterocycles. The zero-order chi connectivity index (χ0) is 14.6. The largest absolute Gasteiger partial charge is 0.371 e. The molecule has 0 aromatic carbocycles. The maximum atomic E-state index is 12.0. The highest BCUT2D eigenvalue weighted by Gasteiger charge is 2.25. The average Bonchev–Trinajstić information content (AvgIpc) is 2.36. The number of H-pyrrole nitrogens is 1. The molecular weight excluding hydrogens is 248 g/mol. The highest BCUT2D eigenvalue weighted by atomic mass is 16.5. The molecule has 1 aromatic heterocycles. The molecule has 1 aromatic rings. The average molecular weight is 268 g/mol. The van der Waals surface area contributed by atoms with Crippen molar-refractivity contribution in [3.63, 3.8) is 0 Å². The van der Waals surface area contributed by atoms with Crippen molar-refractivity contribution in [2.24, 2.45) is 0 Å². The predicted molar refractivity (Wildman–Crippen MR) is 69.5 cm³/mol. The van der Waals surface area contributed by atoms with E-state index in [2.05, 4.69) is 20.5 Å². The van der Waals surface area contributed by atoms with E-state index < -0.39 is 11.6 Å². The normalized spacial score (nSPS) is 13.1. The molecule has 0 saturated carbocycles. The van der Waals surface area contributed by atoms with E-state index in [9.17, 15) is 9.59 Å². The number of carbonyl (C=O) groups excluding carboxylic acids is 1. The van der Waals surface area contributed by atoms with Crippen molar-refractivity contribution in [1.82, 2.24) is 20.5 Å². The van der Waals surface area contributed by atoms with Gasteiger partial charge in [-0.3, -0.25) is 9.59 Å². The number of ether oxygens (including phenoxy) is 1. The van der Waals surface area contributed by atoms with E-state index in [0.717, 1.165) is 0 Å². The van der Waals surface area contributed by atoms with Crippen LogP contribution >= 0.6 is 0 Å². The van der Waals surface area contributed by atoms with Crippen LogP contribution in [0.1, 0.15) is 51.7 Å². The Kier molecular flexibility index (Phi) is 4.77. The lowest BCUT2D eigenvalue weighted by Crippen LogP contribution is -2.35. The number of hydrogen-bond donors (Lipinski definition) is 2. The smallest absolute Gasteiger partial charge is 0.275 e. The van der Waals surface area contributed by atoms with Gasteiger partial charge in [0.1, 0.15) is 5.60 Å². The van der Waals surface area contributed by atoms with Crippen LogP contribution in [0.2, 0.25) is 0 Å². The first-order valence-electron chi connectivity index (χ1n) is 6.11. The Morgan fingerprint density at radius 2 is 2.11 bits per heavy atom. The molecular formula is C12H20N4O3. The zero-order valence-corrected chi connectivity index (χ0v) is 11.9. The molecule has 0 aliphatic rings. The standard InChI is InChI=1S/C12H20N4O3/c1-6-8(13-7(2)17)9-10(18)14-11(16-15-9)12(3,4)19-5/h8H,6H2,1-5H3,(H,13,17)(H,14,16,18). The maximum absolute atomic E-state index is 12.0. The minimum atomic E-state index is -0.722. The summed E-state index contributed by atoms with van der Waals surface area (Å²) in [7, 11) is 1.53. The van der Waals surface area contributed by atoms with Crippen LogP contribution in [0.25, 0.3) is 0 Å². The van der Waals surface area contributed by atoms with E-state index in [1.54, 1.807) is 13.8 Å². The van der Waals surface area contributed by atoms with Crippen molar-refractivity contribution in [2.45, 2.75) is 45.8 Å². The van der Waals surface area contributed by atoms with E-state index in [1.165, 1.54) is 14.0 Å². The third-order valence-corrected chi connectivity index (χ3v) is 2.92. The summed E-state index contributed by atoms with van der Waals surface area (Å²) in [6, 6.07) is -0.437. The number of rotatable bonds is 5. The number of nitrogens with one attached hydrogen (secondary N) is 2. The topological polar surface area (TPSA) is 97.0 Å². The Morgan fingerprint density at radius 3 is 2.53 bits per heavy atom. The number of hydrogen-bond acceptors (Lipinski definition) is 5. The van der Waals surface area contributed by atoms with Crippen LogP contribution in [-0.4, -0.2) is 28.2 Å². The fourth-order valence-corrected chi connectivity index (χ4v) is 1.55. The van der Waals surface area contributed by atoms with Gasteiger partial charge in [-0.05, 0) is 20.3 Å². The molecule has 1 rings (SSSR count). The number of methoxy groups -OCH3 is 1. The molecule has 1 unspecified atom stereocenters. The maximum Gasteiger partial charge on any atom is 0.275 e. The van der Waals surface area contributed by atoms with Crippen LogP contribution < -0.4 is 10.9 Å². The number of amides is 1. The van der Waals surface area contributed by atoms with Crippen LogP contribution in [0.3, 0.4) is 0 Å². The first-order chi connectivity index (χ1) is 8.81. The van der Waals surface area contributed by atoms with Gasteiger partial charge in [0.05, 0.1) is 6.04 Å². The highest BCUT2D eigenvalue weighted by molar-refractivity contribution is 5.73. The van der Waals surface area contributed by atoms with Crippen LogP contribution in [0.5, 0.6) is 0 Å². The van der Waals surface area contributed by atoms with Gasteiger partial charge in [-0.25, -0.2) is 0 Å². The number of nitrogens with zero attached hydrogens (tertiary/aromatic N) is 2. The molecule has 106 valence electrons. The summed E-state index contributed by atoms with van der Waals surface area (Å²) in [6.07, 6.45) is 0.560. The monoisotopic (exact) mass is 268 g/mol. The Balaban J connectivity index is 3.13. The number of carbonyl (C=O) groups is 1. The molecule has 0 aliphatic heterocycles. The van der Waals surface area contributed by atoms with Crippen molar-refractivity contribution >= 4 is 5.91 Å². The molecule has 0 radical (unpaired) electrons. The second kappa shape index (κ2) is 5.92. The minimum Gasteiger partial charge on any atom is -0.371 e. The van der Waals surface area contributed by atoms with Gasteiger partial charge in [0.15, 0.2) is 11.5 Å². The van der Waals surface area contributed by atoms with Gasteiger partial charge in [0.25, 0.3) is 5.56 Å². The van der Waals surface area contributed by atoms with Crippen molar-refractivity contribution in [3.8, 4) is 0 Å². The molecule has 7 heteroatoms. The lowest BCUT2D eigenvalue weighted by molar-refractivity contribution is -0.119. The van der Waals surface area contributed by atoms with Crippen LogP contribution in [-0.2, 0) is 15.1 Å². The van der Waals surface area contributed by atoms with Gasteiger partial charge in [-0.15, -0.1) is 10.2 Å².